The van der Waals surface area contributed by atoms with Crippen LogP contribution in [-0.4, -0.2) is 19.7 Å². The van der Waals surface area contributed by atoms with E-state index in [9.17, 15) is 0 Å². The lowest BCUT2D eigenvalue weighted by atomic mass is 10.1. The maximum absolute atomic E-state index is 4.15. The smallest absolute Gasteiger partial charge is 0.137 e. The van der Waals surface area contributed by atoms with Crippen LogP contribution in [0.2, 0.25) is 0 Å². The van der Waals surface area contributed by atoms with Gasteiger partial charge >= 0.3 is 0 Å². The van der Waals surface area contributed by atoms with Gasteiger partial charge in [-0.05, 0) is 42.5 Å². The van der Waals surface area contributed by atoms with Crippen molar-refractivity contribution in [2.45, 2.75) is 25.8 Å². The summed E-state index contributed by atoms with van der Waals surface area (Å²) in [7, 11) is 0. The Labute approximate surface area is 105 Å². The number of benzene rings is 1. The van der Waals surface area contributed by atoms with Gasteiger partial charge in [-0.25, -0.2) is 9.67 Å². The Bertz CT molecular complexity index is 694. The van der Waals surface area contributed by atoms with Crippen molar-refractivity contribution in [1.29, 1.82) is 0 Å². The highest BCUT2D eigenvalue weighted by molar-refractivity contribution is 5.85. The second-order valence-corrected chi connectivity index (χ2v) is 4.91. The van der Waals surface area contributed by atoms with Crippen LogP contribution in [0.4, 0.5) is 0 Å². The van der Waals surface area contributed by atoms with Crippen LogP contribution in [0.3, 0.4) is 0 Å². The molecule has 0 atom stereocenters. The van der Waals surface area contributed by atoms with Gasteiger partial charge in [0.05, 0.1) is 6.54 Å². The van der Waals surface area contributed by atoms with Gasteiger partial charge in [-0.15, -0.1) is 0 Å². The molecule has 2 aromatic heterocycles. The fraction of sp³-hybridized carbons (Fsp3) is 0.286. The Balaban J connectivity index is 1.79. The summed E-state index contributed by atoms with van der Waals surface area (Å²) < 4.78 is 1.86. The van der Waals surface area contributed by atoms with Crippen LogP contribution in [0.5, 0.6) is 0 Å². The number of fused-ring (bicyclic) bond motifs is 3. The average Bonchev–Trinajstić information content (AvgIpc) is 3.05. The second-order valence-electron chi connectivity index (χ2n) is 4.91. The minimum atomic E-state index is 0.788. The van der Waals surface area contributed by atoms with E-state index in [0.717, 1.165) is 6.54 Å². The van der Waals surface area contributed by atoms with Crippen molar-refractivity contribution in [3.8, 4) is 0 Å². The van der Waals surface area contributed by atoms with Gasteiger partial charge in [0.2, 0.25) is 0 Å². The molecule has 0 fully saturated rings. The molecule has 4 rings (SSSR count). The van der Waals surface area contributed by atoms with Gasteiger partial charge in [-0.2, -0.15) is 5.10 Å². The zero-order valence-electron chi connectivity index (χ0n) is 10.1. The van der Waals surface area contributed by atoms with Gasteiger partial charge in [0, 0.05) is 16.6 Å². The predicted molar refractivity (Wildman–Crippen MR) is 69.4 cm³/mol. The van der Waals surface area contributed by atoms with Crippen LogP contribution < -0.4 is 0 Å². The molecule has 0 unspecified atom stereocenters. The molecule has 18 heavy (non-hydrogen) atoms. The molecule has 90 valence electrons. The van der Waals surface area contributed by atoms with Crippen LogP contribution >= 0.6 is 0 Å². The van der Waals surface area contributed by atoms with E-state index in [1.807, 2.05) is 4.68 Å². The highest BCUT2D eigenvalue weighted by Crippen LogP contribution is 2.30. The van der Waals surface area contributed by atoms with Crippen LogP contribution in [-0.2, 0) is 19.4 Å². The van der Waals surface area contributed by atoms with Crippen molar-refractivity contribution >= 4 is 10.9 Å². The summed E-state index contributed by atoms with van der Waals surface area (Å²) in [5, 5.41) is 5.54. The zero-order valence-corrected chi connectivity index (χ0v) is 10.1. The van der Waals surface area contributed by atoms with E-state index in [0.29, 0.717) is 0 Å². The van der Waals surface area contributed by atoms with E-state index in [-0.39, 0.29) is 0 Å². The van der Waals surface area contributed by atoms with Crippen LogP contribution in [0.15, 0.2) is 30.9 Å². The number of aromatic amines is 1. The number of nitrogens with zero attached hydrogens (tertiary/aromatic N) is 3. The Kier molecular flexibility index (Phi) is 2.03. The summed E-state index contributed by atoms with van der Waals surface area (Å²) >= 11 is 0. The Morgan fingerprint density at radius 2 is 2.28 bits per heavy atom. The molecule has 0 spiro atoms. The van der Waals surface area contributed by atoms with Gasteiger partial charge in [0.25, 0.3) is 0 Å². The fourth-order valence-corrected chi connectivity index (χ4v) is 2.89. The molecule has 0 saturated carbocycles. The second kappa shape index (κ2) is 3.70. The summed E-state index contributed by atoms with van der Waals surface area (Å²) in [6.07, 6.45) is 7.02. The summed E-state index contributed by atoms with van der Waals surface area (Å²) in [5.41, 5.74) is 5.50. The van der Waals surface area contributed by atoms with Crippen molar-refractivity contribution in [2.75, 3.05) is 0 Å². The zero-order chi connectivity index (χ0) is 11.9. The third-order valence-electron chi connectivity index (χ3n) is 3.72. The van der Waals surface area contributed by atoms with Crippen molar-refractivity contribution in [2.24, 2.45) is 0 Å². The number of aromatic nitrogens is 4. The Hall–Kier alpha value is -2.10. The molecule has 2 heterocycles. The minimum absolute atomic E-state index is 0.788. The number of rotatable bonds is 2. The highest BCUT2D eigenvalue weighted by atomic mass is 15.3. The summed E-state index contributed by atoms with van der Waals surface area (Å²) in [4.78, 5) is 7.50. The maximum Gasteiger partial charge on any atom is 0.137 e. The SMILES string of the molecule is c1ncn(Cc2ccc3[nH]c4c(c3c2)CCC4)n1. The first kappa shape index (κ1) is 9.88. The molecule has 1 N–H and O–H groups in total. The van der Waals surface area contributed by atoms with E-state index in [1.165, 1.54) is 47.0 Å². The highest BCUT2D eigenvalue weighted by Gasteiger charge is 2.16. The monoisotopic (exact) mass is 238 g/mol. The van der Waals surface area contributed by atoms with E-state index < -0.39 is 0 Å². The molecule has 3 aromatic rings. The topological polar surface area (TPSA) is 46.5 Å². The summed E-state index contributed by atoms with van der Waals surface area (Å²) in [5.74, 6) is 0. The van der Waals surface area contributed by atoms with E-state index in [1.54, 1.807) is 12.7 Å². The van der Waals surface area contributed by atoms with Crippen molar-refractivity contribution in [1.82, 2.24) is 19.7 Å². The first-order chi connectivity index (χ1) is 8.90. The van der Waals surface area contributed by atoms with Crippen LogP contribution in [0.25, 0.3) is 10.9 Å². The molecule has 1 aliphatic rings. The quantitative estimate of drug-likeness (QED) is 0.744. The molecular formula is C14H14N4. The van der Waals surface area contributed by atoms with Gasteiger partial charge in [-0.1, -0.05) is 6.07 Å². The lowest BCUT2D eigenvalue weighted by molar-refractivity contribution is 0.685. The van der Waals surface area contributed by atoms with Gasteiger partial charge in [-0.3, -0.25) is 0 Å². The first-order valence-corrected chi connectivity index (χ1v) is 6.35. The van der Waals surface area contributed by atoms with Crippen molar-refractivity contribution < 1.29 is 0 Å². The Morgan fingerprint density at radius 3 is 3.17 bits per heavy atom. The summed E-state index contributed by atoms with van der Waals surface area (Å²) in [6, 6.07) is 6.63. The molecule has 0 amide bonds. The lowest BCUT2D eigenvalue weighted by Crippen LogP contribution is -1.99. The fourth-order valence-electron chi connectivity index (χ4n) is 2.89. The van der Waals surface area contributed by atoms with E-state index in [4.69, 9.17) is 0 Å². The molecule has 0 saturated heterocycles. The predicted octanol–water partition coefficient (Wildman–Crippen LogP) is 2.30. The molecular weight excluding hydrogens is 224 g/mol. The van der Waals surface area contributed by atoms with Crippen molar-refractivity contribution in [3.05, 3.63) is 47.7 Å². The number of nitrogens with one attached hydrogen (secondary N) is 1. The molecule has 4 heteroatoms. The molecule has 0 radical (unpaired) electrons. The van der Waals surface area contributed by atoms with Gasteiger partial charge in [0.1, 0.15) is 12.7 Å². The molecule has 1 aromatic carbocycles. The number of hydrogen-bond acceptors (Lipinski definition) is 2. The third-order valence-corrected chi connectivity index (χ3v) is 3.72. The average molecular weight is 238 g/mol. The molecule has 4 nitrogen and oxygen atoms in total. The van der Waals surface area contributed by atoms with Gasteiger partial charge in [0.15, 0.2) is 0 Å². The normalized spacial score (nSPS) is 14.2. The minimum Gasteiger partial charge on any atom is -0.358 e. The largest absolute Gasteiger partial charge is 0.358 e. The van der Waals surface area contributed by atoms with Gasteiger partial charge < -0.3 is 4.98 Å². The van der Waals surface area contributed by atoms with Crippen molar-refractivity contribution in [3.63, 3.8) is 0 Å². The number of aryl methyl sites for hydroxylation is 2. The van der Waals surface area contributed by atoms with Crippen LogP contribution in [0.1, 0.15) is 23.2 Å². The maximum atomic E-state index is 4.15. The lowest BCUT2D eigenvalue weighted by Gasteiger charge is -2.02. The number of hydrogen-bond donors (Lipinski definition) is 1. The van der Waals surface area contributed by atoms with Crippen LogP contribution in [0, 0.1) is 0 Å². The third kappa shape index (κ3) is 1.45. The molecule has 0 aliphatic heterocycles. The Morgan fingerprint density at radius 1 is 1.28 bits per heavy atom. The number of H-pyrrole nitrogens is 1. The summed E-state index contributed by atoms with van der Waals surface area (Å²) in [6.45, 7) is 0.788. The molecule has 0 bridgehead atoms. The molecule has 1 aliphatic carbocycles. The van der Waals surface area contributed by atoms with E-state index >= 15 is 0 Å². The standard InChI is InChI=1S/C14H14N4/c1-2-11-12-6-10(7-18-9-15-8-16-18)4-5-14(12)17-13(11)3-1/h4-6,8-9,17H,1-3,7H2. The van der Waals surface area contributed by atoms with E-state index in [2.05, 4.69) is 33.3 Å². The first-order valence-electron chi connectivity index (χ1n) is 6.35.